The number of nitrogens with zero attached hydrogens (tertiary/aromatic N) is 1. The van der Waals surface area contributed by atoms with Gasteiger partial charge in [-0.2, -0.15) is 0 Å². The summed E-state index contributed by atoms with van der Waals surface area (Å²) in [6.45, 7) is 0.284. The zero-order valence-corrected chi connectivity index (χ0v) is 12.1. The predicted molar refractivity (Wildman–Crippen MR) is 79.7 cm³/mol. The molecule has 0 fully saturated rings. The maximum atomic E-state index is 12.0. The number of halogens is 1. The molecule has 3 N–H and O–H groups in total. The summed E-state index contributed by atoms with van der Waals surface area (Å²) in [4.78, 5) is 22.9. The molecule has 0 unspecified atom stereocenters. The molecular weight excluding hydrogens is 324 g/mol. The molecule has 0 radical (unpaired) electrons. The number of anilines is 1. The minimum absolute atomic E-state index is 0.0750. The van der Waals surface area contributed by atoms with Gasteiger partial charge < -0.3 is 15.4 Å². The molecular formula is C14H13BrN2O3. The highest BCUT2D eigenvalue weighted by Crippen LogP contribution is 2.13. The fraction of sp³-hybridized carbons (Fsp3) is 0.143. The molecule has 6 heteroatoms. The van der Waals surface area contributed by atoms with E-state index >= 15 is 0 Å². The summed E-state index contributed by atoms with van der Waals surface area (Å²) in [7, 11) is 0. The van der Waals surface area contributed by atoms with Crippen molar-refractivity contribution in [3.05, 3.63) is 62.5 Å². The van der Waals surface area contributed by atoms with Gasteiger partial charge in [-0.3, -0.25) is 9.59 Å². The van der Waals surface area contributed by atoms with Gasteiger partial charge in [-0.15, -0.1) is 0 Å². The fourth-order valence-corrected chi connectivity index (χ4v) is 2.46. The van der Waals surface area contributed by atoms with E-state index in [2.05, 4.69) is 15.9 Å². The normalized spacial score (nSPS) is 10.4. The zero-order chi connectivity index (χ0) is 14.7. The fourth-order valence-electron chi connectivity index (χ4n) is 1.97. The van der Waals surface area contributed by atoms with Crippen LogP contribution in [0.3, 0.4) is 0 Å². The van der Waals surface area contributed by atoms with Gasteiger partial charge >= 0.3 is 5.97 Å². The van der Waals surface area contributed by atoms with Crippen molar-refractivity contribution in [1.29, 1.82) is 0 Å². The molecule has 104 valence electrons. The van der Waals surface area contributed by atoms with E-state index in [1.54, 1.807) is 24.4 Å². The second-order valence-electron chi connectivity index (χ2n) is 4.39. The number of carboxylic acids is 1. The van der Waals surface area contributed by atoms with Gasteiger partial charge in [-0.05, 0) is 33.1 Å². The maximum Gasteiger partial charge on any atom is 0.307 e. The Kier molecular flexibility index (Phi) is 4.24. The number of carbonyl (C=O) groups is 1. The number of pyridine rings is 1. The highest BCUT2D eigenvalue weighted by Gasteiger charge is 2.09. The Hall–Kier alpha value is -2.08. The third-order valence-corrected chi connectivity index (χ3v) is 3.43. The van der Waals surface area contributed by atoms with Gasteiger partial charge in [0.25, 0.3) is 5.56 Å². The lowest BCUT2D eigenvalue weighted by molar-refractivity contribution is -0.136. The molecule has 0 aliphatic heterocycles. The van der Waals surface area contributed by atoms with Crippen molar-refractivity contribution >= 4 is 27.6 Å². The number of hydrogen-bond acceptors (Lipinski definition) is 3. The van der Waals surface area contributed by atoms with Crippen LogP contribution in [0.4, 0.5) is 5.69 Å². The van der Waals surface area contributed by atoms with E-state index in [1.807, 2.05) is 12.1 Å². The number of nitrogens with two attached hydrogens (primary N) is 1. The van der Waals surface area contributed by atoms with E-state index in [0.717, 1.165) is 5.56 Å². The van der Waals surface area contributed by atoms with Gasteiger partial charge in [0, 0.05) is 11.9 Å². The summed E-state index contributed by atoms with van der Waals surface area (Å²) < 4.78 is 1.84. The minimum Gasteiger partial charge on any atom is -0.481 e. The predicted octanol–water partition coefficient (Wildman–Crippen LogP) is 1.87. The first-order valence-electron chi connectivity index (χ1n) is 5.91. The Morgan fingerprint density at radius 1 is 1.30 bits per heavy atom. The van der Waals surface area contributed by atoms with Gasteiger partial charge in [0.15, 0.2) is 0 Å². The van der Waals surface area contributed by atoms with E-state index in [0.29, 0.717) is 15.7 Å². The van der Waals surface area contributed by atoms with Crippen LogP contribution >= 0.6 is 15.9 Å². The van der Waals surface area contributed by atoms with E-state index < -0.39 is 5.97 Å². The Morgan fingerprint density at radius 3 is 2.60 bits per heavy atom. The Labute approximate surface area is 123 Å². The standard InChI is InChI=1S/C14H13BrN2O3/c15-12-6-11(16)8-17(14(12)20)7-10-4-2-1-3-9(10)5-13(18)19/h1-4,6,8H,5,7,16H2,(H,18,19). The molecule has 2 rings (SSSR count). The zero-order valence-electron chi connectivity index (χ0n) is 10.5. The molecule has 1 aromatic heterocycles. The van der Waals surface area contributed by atoms with Crippen molar-refractivity contribution in [2.75, 3.05) is 5.73 Å². The topological polar surface area (TPSA) is 85.3 Å². The molecule has 5 nitrogen and oxygen atoms in total. The average Bonchev–Trinajstić information content (AvgIpc) is 2.37. The van der Waals surface area contributed by atoms with Crippen LogP contribution < -0.4 is 11.3 Å². The van der Waals surface area contributed by atoms with Crippen molar-refractivity contribution in [3.63, 3.8) is 0 Å². The van der Waals surface area contributed by atoms with Crippen molar-refractivity contribution in [1.82, 2.24) is 4.57 Å². The van der Waals surface area contributed by atoms with Crippen LogP contribution in [0.5, 0.6) is 0 Å². The van der Waals surface area contributed by atoms with E-state index in [4.69, 9.17) is 10.8 Å². The highest BCUT2D eigenvalue weighted by atomic mass is 79.9. The second kappa shape index (κ2) is 5.92. The van der Waals surface area contributed by atoms with E-state index in [1.165, 1.54) is 4.57 Å². The lowest BCUT2D eigenvalue weighted by Crippen LogP contribution is -2.22. The van der Waals surface area contributed by atoms with Crippen molar-refractivity contribution < 1.29 is 9.90 Å². The van der Waals surface area contributed by atoms with Crippen LogP contribution in [0.25, 0.3) is 0 Å². The van der Waals surface area contributed by atoms with Crippen LogP contribution in [0, 0.1) is 0 Å². The number of benzene rings is 1. The summed E-state index contributed by atoms with van der Waals surface area (Å²) in [5.74, 6) is -0.904. The second-order valence-corrected chi connectivity index (χ2v) is 5.25. The lowest BCUT2D eigenvalue weighted by Gasteiger charge is -2.11. The van der Waals surface area contributed by atoms with Crippen LogP contribution in [0.15, 0.2) is 45.8 Å². The monoisotopic (exact) mass is 336 g/mol. The molecule has 1 aromatic carbocycles. The molecule has 0 amide bonds. The molecule has 0 aliphatic carbocycles. The average molecular weight is 337 g/mol. The Bertz CT molecular complexity index is 710. The third kappa shape index (κ3) is 3.27. The number of carboxylic acid groups (broad SMARTS) is 1. The number of rotatable bonds is 4. The van der Waals surface area contributed by atoms with Crippen LogP contribution in [0.2, 0.25) is 0 Å². The molecule has 0 spiro atoms. The van der Waals surface area contributed by atoms with Gasteiger partial charge in [0.05, 0.1) is 17.4 Å². The number of hydrogen-bond donors (Lipinski definition) is 2. The summed E-state index contributed by atoms with van der Waals surface area (Å²) in [5, 5.41) is 8.90. The molecule has 20 heavy (non-hydrogen) atoms. The van der Waals surface area contributed by atoms with Crippen LogP contribution in [-0.2, 0) is 17.8 Å². The van der Waals surface area contributed by atoms with Crippen LogP contribution in [-0.4, -0.2) is 15.6 Å². The van der Waals surface area contributed by atoms with Gasteiger partial charge in [0.2, 0.25) is 0 Å². The van der Waals surface area contributed by atoms with Crippen molar-refractivity contribution in [2.45, 2.75) is 13.0 Å². The number of nitrogen functional groups attached to an aromatic ring is 1. The Morgan fingerprint density at radius 2 is 1.95 bits per heavy atom. The summed E-state index contributed by atoms with van der Waals surface area (Å²) >= 11 is 3.16. The molecule has 0 saturated heterocycles. The van der Waals surface area contributed by atoms with Gasteiger partial charge in [-0.1, -0.05) is 24.3 Å². The highest BCUT2D eigenvalue weighted by molar-refractivity contribution is 9.10. The maximum absolute atomic E-state index is 12.0. The van der Waals surface area contributed by atoms with E-state index in [-0.39, 0.29) is 18.5 Å². The first kappa shape index (κ1) is 14.3. The largest absolute Gasteiger partial charge is 0.481 e. The summed E-state index contributed by atoms with van der Waals surface area (Å²) in [6.07, 6.45) is 1.47. The number of aliphatic carboxylic acids is 1. The summed E-state index contributed by atoms with van der Waals surface area (Å²) in [6, 6.07) is 8.69. The lowest BCUT2D eigenvalue weighted by atomic mass is 10.0. The molecule has 0 saturated carbocycles. The van der Waals surface area contributed by atoms with E-state index in [9.17, 15) is 9.59 Å². The molecule has 0 atom stereocenters. The number of aromatic nitrogens is 1. The smallest absolute Gasteiger partial charge is 0.307 e. The first-order chi connectivity index (χ1) is 9.47. The van der Waals surface area contributed by atoms with Crippen molar-refractivity contribution in [3.8, 4) is 0 Å². The molecule has 0 bridgehead atoms. The molecule has 1 heterocycles. The molecule has 0 aliphatic rings. The van der Waals surface area contributed by atoms with Crippen LogP contribution in [0.1, 0.15) is 11.1 Å². The molecule has 2 aromatic rings. The first-order valence-corrected chi connectivity index (χ1v) is 6.70. The Balaban J connectivity index is 2.40. The minimum atomic E-state index is -0.904. The summed E-state index contributed by atoms with van der Waals surface area (Å²) in [5.41, 5.74) is 7.45. The van der Waals surface area contributed by atoms with Gasteiger partial charge in [0.1, 0.15) is 0 Å². The quantitative estimate of drug-likeness (QED) is 0.892. The SMILES string of the molecule is Nc1cc(Br)c(=O)n(Cc2ccccc2CC(=O)O)c1. The van der Waals surface area contributed by atoms with Crippen molar-refractivity contribution in [2.24, 2.45) is 0 Å². The van der Waals surface area contributed by atoms with Gasteiger partial charge in [-0.25, -0.2) is 0 Å². The third-order valence-electron chi connectivity index (χ3n) is 2.86.